The second-order valence-corrected chi connectivity index (χ2v) is 7.95. The standard InChI is InChI=1S/C14H16N6O2S2/c15-12(22)11-8-2-1-3-9(8)24-13(11)16-10(21)6-23-14-17-18-19-20(14)7-4-5-7/h7H,1-6H2,(H2,15,22)(H,16,21). The lowest BCUT2D eigenvalue weighted by molar-refractivity contribution is -0.113. The Kier molecular flexibility index (Phi) is 4.01. The molecule has 1 fully saturated rings. The molecule has 0 atom stereocenters. The molecule has 8 nitrogen and oxygen atoms in total. The molecule has 2 amide bonds. The van der Waals surface area contributed by atoms with Crippen molar-refractivity contribution >= 4 is 39.9 Å². The SMILES string of the molecule is NC(=O)c1c(NC(=O)CSc2nnnn2C2CC2)sc2c1CCC2. The van der Waals surface area contributed by atoms with Gasteiger partial charge in [-0.25, -0.2) is 4.68 Å². The number of hydrogen-bond acceptors (Lipinski definition) is 7. The van der Waals surface area contributed by atoms with Crippen LogP contribution in [0.5, 0.6) is 0 Å². The van der Waals surface area contributed by atoms with Crippen LogP contribution in [0, 0.1) is 0 Å². The van der Waals surface area contributed by atoms with Crippen LogP contribution in [-0.2, 0) is 17.6 Å². The maximum Gasteiger partial charge on any atom is 0.251 e. The van der Waals surface area contributed by atoms with Gasteiger partial charge in [-0.15, -0.1) is 16.4 Å². The number of thiophene rings is 1. The summed E-state index contributed by atoms with van der Waals surface area (Å²) in [6.45, 7) is 0. The molecule has 2 aliphatic carbocycles. The summed E-state index contributed by atoms with van der Waals surface area (Å²) in [5, 5.41) is 15.6. The monoisotopic (exact) mass is 364 g/mol. The first kappa shape index (κ1) is 15.6. The van der Waals surface area contributed by atoms with Crippen LogP contribution in [0.15, 0.2) is 5.16 Å². The van der Waals surface area contributed by atoms with E-state index in [0.717, 1.165) is 42.5 Å². The Hall–Kier alpha value is -1.94. The Balaban J connectivity index is 1.43. The molecule has 0 radical (unpaired) electrons. The molecule has 0 saturated heterocycles. The summed E-state index contributed by atoms with van der Waals surface area (Å²) in [7, 11) is 0. The second kappa shape index (κ2) is 6.17. The lowest BCUT2D eigenvalue weighted by Crippen LogP contribution is -2.19. The fraction of sp³-hybridized carbons (Fsp3) is 0.500. The van der Waals surface area contributed by atoms with Crippen molar-refractivity contribution in [3.63, 3.8) is 0 Å². The molecular formula is C14H16N6O2S2. The van der Waals surface area contributed by atoms with E-state index in [1.165, 1.54) is 23.1 Å². The van der Waals surface area contributed by atoms with Crippen molar-refractivity contribution in [1.29, 1.82) is 0 Å². The minimum absolute atomic E-state index is 0.187. The van der Waals surface area contributed by atoms with E-state index in [2.05, 4.69) is 20.8 Å². The number of rotatable bonds is 6. The number of fused-ring (bicyclic) bond motifs is 1. The van der Waals surface area contributed by atoms with E-state index in [1.54, 1.807) is 4.68 Å². The third-order valence-electron chi connectivity index (χ3n) is 4.11. The Bertz CT molecular complexity index is 810. The van der Waals surface area contributed by atoms with Gasteiger partial charge in [0.1, 0.15) is 5.00 Å². The van der Waals surface area contributed by atoms with Crippen LogP contribution < -0.4 is 11.1 Å². The number of nitrogens with two attached hydrogens (primary N) is 1. The average Bonchev–Trinajstić information content (AvgIpc) is 2.95. The van der Waals surface area contributed by atoms with Crippen LogP contribution in [0.4, 0.5) is 5.00 Å². The first-order chi connectivity index (χ1) is 11.6. The summed E-state index contributed by atoms with van der Waals surface area (Å²) in [5.74, 6) is -0.476. The normalized spacial score (nSPS) is 16.2. The van der Waals surface area contributed by atoms with Crippen LogP contribution in [-0.4, -0.2) is 37.8 Å². The molecule has 0 aliphatic heterocycles. The number of hydrogen-bond donors (Lipinski definition) is 2. The van der Waals surface area contributed by atoms with Crippen LogP contribution >= 0.6 is 23.1 Å². The van der Waals surface area contributed by atoms with Gasteiger partial charge < -0.3 is 11.1 Å². The van der Waals surface area contributed by atoms with Gasteiger partial charge in [-0.2, -0.15) is 0 Å². The molecule has 2 heterocycles. The number of tetrazole rings is 1. The molecule has 126 valence electrons. The predicted octanol–water partition coefficient (Wildman–Crippen LogP) is 1.39. The summed E-state index contributed by atoms with van der Waals surface area (Å²) in [4.78, 5) is 25.1. The number of carbonyl (C=O) groups excluding carboxylic acids is 2. The molecule has 2 aromatic rings. The average molecular weight is 364 g/mol. The Morgan fingerprint density at radius 1 is 1.38 bits per heavy atom. The second-order valence-electron chi connectivity index (χ2n) is 5.90. The molecule has 0 spiro atoms. The molecule has 2 aromatic heterocycles. The first-order valence-corrected chi connectivity index (χ1v) is 9.58. The summed E-state index contributed by atoms with van der Waals surface area (Å²) >= 11 is 2.76. The number of nitrogens with zero attached hydrogens (tertiary/aromatic N) is 4. The van der Waals surface area contributed by atoms with Gasteiger partial charge in [0.15, 0.2) is 0 Å². The maximum absolute atomic E-state index is 12.3. The number of aryl methyl sites for hydroxylation is 1. The van der Waals surface area contributed by atoms with Gasteiger partial charge in [-0.1, -0.05) is 11.8 Å². The van der Waals surface area contributed by atoms with Crippen LogP contribution in [0.2, 0.25) is 0 Å². The van der Waals surface area contributed by atoms with E-state index >= 15 is 0 Å². The van der Waals surface area contributed by atoms with Gasteiger partial charge in [0.25, 0.3) is 5.91 Å². The zero-order valence-electron chi connectivity index (χ0n) is 12.8. The molecule has 2 aliphatic rings. The van der Waals surface area contributed by atoms with Crippen LogP contribution in [0.3, 0.4) is 0 Å². The third kappa shape index (κ3) is 2.91. The van der Waals surface area contributed by atoms with E-state index in [4.69, 9.17) is 5.73 Å². The highest BCUT2D eigenvalue weighted by molar-refractivity contribution is 7.99. The summed E-state index contributed by atoms with van der Waals surface area (Å²) in [6.07, 6.45) is 4.99. The van der Waals surface area contributed by atoms with Crippen LogP contribution in [0.1, 0.15) is 46.1 Å². The van der Waals surface area contributed by atoms with Crippen molar-refractivity contribution in [2.75, 3.05) is 11.1 Å². The number of anilines is 1. The molecule has 4 rings (SSSR count). The maximum atomic E-state index is 12.3. The molecule has 1 saturated carbocycles. The summed E-state index contributed by atoms with van der Waals surface area (Å²) in [5.41, 5.74) is 6.99. The van der Waals surface area contributed by atoms with E-state index < -0.39 is 5.91 Å². The van der Waals surface area contributed by atoms with E-state index in [0.29, 0.717) is 21.8 Å². The smallest absolute Gasteiger partial charge is 0.251 e. The number of thioether (sulfide) groups is 1. The van der Waals surface area contributed by atoms with Crippen molar-refractivity contribution in [2.45, 2.75) is 43.3 Å². The van der Waals surface area contributed by atoms with E-state index in [1.807, 2.05) is 0 Å². The van der Waals surface area contributed by atoms with Gasteiger partial charge in [0, 0.05) is 4.88 Å². The molecule has 0 unspecified atom stereocenters. The fourth-order valence-corrected chi connectivity index (χ4v) is 4.93. The molecule has 10 heteroatoms. The topological polar surface area (TPSA) is 116 Å². The number of primary amides is 1. The van der Waals surface area contributed by atoms with Gasteiger partial charge >= 0.3 is 0 Å². The van der Waals surface area contributed by atoms with Crippen molar-refractivity contribution in [1.82, 2.24) is 20.2 Å². The fourth-order valence-electron chi connectivity index (χ4n) is 2.87. The highest BCUT2D eigenvalue weighted by Crippen LogP contribution is 2.39. The molecule has 3 N–H and O–H groups in total. The largest absolute Gasteiger partial charge is 0.365 e. The summed E-state index contributed by atoms with van der Waals surface area (Å²) < 4.78 is 1.77. The van der Waals surface area contributed by atoms with Crippen molar-refractivity contribution in [3.05, 3.63) is 16.0 Å². The van der Waals surface area contributed by atoms with Gasteiger partial charge in [-0.05, 0) is 48.1 Å². The zero-order valence-corrected chi connectivity index (χ0v) is 14.5. The predicted molar refractivity (Wildman–Crippen MR) is 90.3 cm³/mol. The number of aromatic nitrogens is 4. The molecule has 0 bridgehead atoms. The van der Waals surface area contributed by atoms with Gasteiger partial charge in [0.05, 0.1) is 17.4 Å². The van der Waals surface area contributed by atoms with E-state index in [-0.39, 0.29) is 11.7 Å². The number of nitrogens with one attached hydrogen (secondary N) is 1. The van der Waals surface area contributed by atoms with Gasteiger partial charge in [0.2, 0.25) is 11.1 Å². The van der Waals surface area contributed by atoms with Crippen molar-refractivity contribution in [2.24, 2.45) is 5.73 Å². The summed E-state index contributed by atoms with van der Waals surface area (Å²) in [6, 6.07) is 0.368. The van der Waals surface area contributed by atoms with Crippen molar-refractivity contribution < 1.29 is 9.59 Å². The van der Waals surface area contributed by atoms with E-state index in [9.17, 15) is 9.59 Å². The van der Waals surface area contributed by atoms with Crippen LogP contribution in [0.25, 0.3) is 0 Å². The molecule has 24 heavy (non-hydrogen) atoms. The first-order valence-electron chi connectivity index (χ1n) is 7.78. The molecule has 0 aromatic carbocycles. The van der Waals surface area contributed by atoms with Gasteiger partial charge in [-0.3, -0.25) is 9.59 Å². The minimum atomic E-state index is -0.477. The highest BCUT2D eigenvalue weighted by Gasteiger charge is 2.29. The lowest BCUT2D eigenvalue weighted by Gasteiger charge is -2.06. The number of amides is 2. The zero-order chi connectivity index (χ0) is 16.7. The quantitative estimate of drug-likeness (QED) is 0.748. The third-order valence-corrected chi connectivity index (χ3v) is 6.25. The Labute approximate surface area is 146 Å². The highest BCUT2D eigenvalue weighted by atomic mass is 32.2. The number of carbonyl (C=O) groups is 2. The molecular weight excluding hydrogens is 348 g/mol. The Morgan fingerprint density at radius 3 is 2.96 bits per heavy atom. The van der Waals surface area contributed by atoms with Crippen molar-refractivity contribution in [3.8, 4) is 0 Å². The lowest BCUT2D eigenvalue weighted by atomic mass is 10.1. The minimum Gasteiger partial charge on any atom is -0.365 e. The Morgan fingerprint density at radius 2 is 2.21 bits per heavy atom.